The molecule has 2 aromatic rings. The van der Waals surface area contributed by atoms with Crippen LogP contribution in [0.25, 0.3) is 0 Å². The third-order valence-electron chi connectivity index (χ3n) is 4.25. The number of thiophene rings is 1. The van der Waals surface area contributed by atoms with Gasteiger partial charge >= 0.3 is 5.97 Å². The van der Waals surface area contributed by atoms with Crippen LogP contribution in [0.4, 0.5) is 5.00 Å². The monoisotopic (exact) mass is 424 g/mol. The predicted octanol–water partition coefficient (Wildman–Crippen LogP) is 4.26. The third kappa shape index (κ3) is 4.94. The highest BCUT2D eigenvalue weighted by atomic mass is 32.2. The van der Waals surface area contributed by atoms with Crippen molar-refractivity contribution in [3.05, 3.63) is 21.8 Å². The number of hydrogen-bond acceptors (Lipinski definition) is 7. The normalized spacial score (nSPS) is 11.1. The Hall–Kier alpha value is -1.87. The van der Waals surface area contributed by atoms with Crippen LogP contribution in [0.5, 0.6) is 0 Å². The van der Waals surface area contributed by atoms with Gasteiger partial charge in [0.2, 0.25) is 5.91 Å². The summed E-state index contributed by atoms with van der Waals surface area (Å²) in [5.74, 6) is 0.786. The van der Waals surface area contributed by atoms with Crippen molar-refractivity contribution >= 4 is 40.0 Å². The highest BCUT2D eigenvalue weighted by Crippen LogP contribution is 2.34. The zero-order valence-corrected chi connectivity index (χ0v) is 18.9. The van der Waals surface area contributed by atoms with Crippen molar-refractivity contribution < 1.29 is 14.3 Å². The maximum Gasteiger partial charge on any atom is 0.341 e. The van der Waals surface area contributed by atoms with Crippen molar-refractivity contribution in [1.29, 1.82) is 0 Å². The Balaban J connectivity index is 2.13. The fraction of sp³-hybridized carbons (Fsp3) is 0.579. The van der Waals surface area contributed by atoms with Crippen molar-refractivity contribution in [1.82, 2.24) is 14.8 Å². The van der Waals surface area contributed by atoms with Crippen LogP contribution < -0.4 is 5.32 Å². The van der Waals surface area contributed by atoms with Crippen molar-refractivity contribution in [3.8, 4) is 0 Å². The molecule has 0 aliphatic heterocycles. The molecule has 1 amide bonds. The van der Waals surface area contributed by atoms with Gasteiger partial charge in [-0.1, -0.05) is 39.5 Å². The fourth-order valence-electron chi connectivity index (χ4n) is 2.97. The van der Waals surface area contributed by atoms with Gasteiger partial charge in [-0.25, -0.2) is 4.79 Å². The molecule has 7 nitrogen and oxygen atoms in total. The van der Waals surface area contributed by atoms with Gasteiger partial charge in [0.1, 0.15) is 10.8 Å². The molecule has 154 valence electrons. The second-order valence-corrected chi connectivity index (χ2v) is 8.84. The van der Waals surface area contributed by atoms with Crippen molar-refractivity contribution in [3.63, 3.8) is 0 Å². The minimum atomic E-state index is -0.423. The van der Waals surface area contributed by atoms with Crippen LogP contribution >= 0.6 is 23.1 Å². The topological polar surface area (TPSA) is 86.1 Å². The van der Waals surface area contributed by atoms with Gasteiger partial charge in [-0.3, -0.25) is 4.79 Å². The van der Waals surface area contributed by atoms with Crippen LogP contribution in [0.15, 0.2) is 5.16 Å². The molecule has 2 aromatic heterocycles. The van der Waals surface area contributed by atoms with Gasteiger partial charge in [0.25, 0.3) is 0 Å². The van der Waals surface area contributed by atoms with E-state index < -0.39 is 5.97 Å². The lowest BCUT2D eigenvalue weighted by Gasteiger charge is -2.10. The lowest BCUT2D eigenvalue weighted by molar-refractivity contribution is -0.113. The maximum atomic E-state index is 12.5. The lowest BCUT2D eigenvalue weighted by Crippen LogP contribution is -2.17. The van der Waals surface area contributed by atoms with Gasteiger partial charge in [-0.05, 0) is 25.3 Å². The minimum Gasteiger partial charge on any atom is -0.465 e. The van der Waals surface area contributed by atoms with Gasteiger partial charge in [0.15, 0.2) is 5.16 Å². The van der Waals surface area contributed by atoms with Crippen molar-refractivity contribution in [2.45, 2.75) is 65.1 Å². The van der Waals surface area contributed by atoms with E-state index in [9.17, 15) is 9.59 Å². The molecule has 0 aliphatic carbocycles. The summed E-state index contributed by atoms with van der Waals surface area (Å²) in [6, 6.07) is 0. The molecule has 9 heteroatoms. The van der Waals surface area contributed by atoms with Crippen LogP contribution in [0.1, 0.15) is 66.7 Å². The molecule has 28 heavy (non-hydrogen) atoms. The minimum absolute atomic E-state index is 0.184. The summed E-state index contributed by atoms with van der Waals surface area (Å²) in [6.45, 7) is 11.0. The first-order valence-electron chi connectivity index (χ1n) is 9.40. The van der Waals surface area contributed by atoms with Crippen molar-refractivity contribution in [2.24, 2.45) is 0 Å². The van der Waals surface area contributed by atoms with Gasteiger partial charge < -0.3 is 14.6 Å². The molecule has 0 saturated carbocycles. The second kappa shape index (κ2) is 10.1. The summed E-state index contributed by atoms with van der Waals surface area (Å²) in [5.41, 5.74) is 1.38. The molecule has 2 rings (SSSR count). The highest BCUT2D eigenvalue weighted by molar-refractivity contribution is 7.99. The molecule has 0 spiro atoms. The molecule has 0 unspecified atom stereocenters. The second-order valence-electron chi connectivity index (χ2n) is 6.67. The number of hydrogen-bond donors (Lipinski definition) is 1. The summed E-state index contributed by atoms with van der Waals surface area (Å²) in [7, 11) is 1.35. The SMILES string of the molecule is CCCn1c(SCC(=O)Nc2sc(C)c(CC)c2C(=O)OC)nnc1C(C)C. The number of thioether (sulfide) groups is 1. The standard InChI is InChI=1S/C19H28N4O3S2/c1-7-9-23-16(11(3)4)21-22-19(23)27-10-14(24)20-17-15(18(25)26-6)13(8-2)12(5)28-17/h11H,7-10H2,1-6H3,(H,20,24). The van der Waals surface area contributed by atoms with E-state index >= 15 is 0 Å². The third-order valence-corrected chi connectivity index (χ3v) is 6.28. The average Bonchev–Trinajstić information content (AvgIpc) is 3.20. The number of methoxy groups -OCH3 is 1. The Kier molecular flexibility index (Phi) is 8.06. The molecule has 0 fully saturated rings. The number of carbonyl (C=O) groups is 2. The quantitative estimate of drug-likeness (QED) is 0.478. The maximum absolute atomic E-state index is 12.5. The van der Waals surface area contributed by atoms with E-state index in [4.69, 9.17) is 4.74 Å². The largest absolute Gasteiger partial charge is 0.465 e. The number of esters is 1. The summed E-state index contributed by atoms with van der Waals surface area (Å²) in [4.78, 5) is 25.7. The zero-order chi connectivity index (χ0) is 20.8. The summed E-state index contributed by atoms with van der Waals surface area (Å²) in [5, 5.41) is 12.7. The predicted molar refractivity (Wildman–Crippen MR) is 114 cm³/mol. The number of aryl methyl sites for hydroxylation is 1. The molecule has 0 bridgehead atoms. The number of ether oxygens (including phenoxy) is 1. The first kappa shape index (κ1) is 22.4. The molecule has 0 aromatic carbocycles. The smallest absolute Gasteiger partial charge is 0.341 e. The number of nitrogens with zero attached hydrogens (tertiary/aromatic N) is 3. The van der Waals surface area contributed by atoms with E-state index in [-0.39, 0.29) is 17.6 Å². The number of carbonyl (C=O) groups excluding carboxylic acids is 2. The number of aromatic nitrogens is 3. The van der Waals surface area contributed by atoms with Crippen LogP contribution in [0.3, 0.4) is 0 Å². The van der Waals surface area contributed by atoms with Gasteiger partial charge in [0, 0.05) is 17.3 Å². The molecule has 0 radical (unpaired) electrons. The van der Waals surface area contributed by atoms with E-state index in [1.54, 1.807) is 0 Å². The Labute approximate surface area is 174 Å². The molecule has 1 N–H and O–H groups in total. The van der Waals surface area contributed by atoms with E-state index in [0.29, 0.717) is 17.0 Å². The molecular formula is C19H28N4O3S2. The van der Waals surface area contributed by atoms with Crippen LogP contribution in [0, 0.1) is 6.92 Å². The highest BCUT2D eigenvalue weighted by Gasteiger charge is 2.23. The van der Waals surface area contributed by atoms with Gasteiger partial charge in [-0.2, -0.15) is 0 Å². The Morgan fingerprint density at radius 2 is 2.00 bits per heavy atom. The van der Waals surface area contributed by atoms with E-state index in [1.807, 2.05) is 13.8 Å². The first-order valence-corrected chi connectivity index (χ1v) is 11.2. The summed E-state index contributed by atoms with van der Waals surface area (Å²) >= 11 is 2.76. The Morgan fingerprint density at radius 3 is 2.57 bits per heavy atom. The number of nitrogens with one attached hydrogen (secondary N) is 1. The van der Waals surface area contributed by atoms with Gasteiger partial charge in [-0.15, -0.1) is 21.5 Å². The average molecular weight is 425 g/mol. The molecule has 0 saturated heterocycles. The van der Waals surface area contributed by atoms with Crippen LogP contribution in [0.2, 0.25) is 0 Å². The zero-order valence-electron chi connectivity index (χ0n) is 17.3. The molecule has 0 atom stereocenters. The lowest BCUT2D eigenvalue weighted by atomic mass is 10.1. The summed E-state index contributed by atoms with van der Waals surface area (Å²) in [6.07, 6.45) is 1.67. The number of amides is 1. The molecule has 2 heterocycles. The summed E-state index contributed by atoms with van der Waals surface area (Å²) < 4.78 is 6.98. The molecule has 0 aliphatic rings. The molecular weight excluding hydrogens is 396 g/mol. The van der Waals surface area contributed by atoms with Crippen LogP contribution in [-0.4, -0.2) is 39.5 Å². The fourth-order valence-corrected chi connectivity index (χ4v) is 4.89. The van der Waals surface area contributed by atoms with Crippen LogP contribution in [-0.2, 0) is 22.5 Å². The number of rotatable bonds is 9. The van der Waals surface area contributed by atoms with Gasteiger partial charge in [0.05, 0.1) is 18.4 Å². The first-order chi connectivity index (χ1) is 13.3. The van der Waals surface area contributed by atoms with E-state index in [1.165, 1.54) is 30.2 Å². The van der Waals surface area contributed by atoms with E-state index in [0.717, 1.165) is 34.4 Å². The Bertz CT molecular complexity index is 843. The van der Waals surface area contributed by atoms with Crippen molar-refractivity contribution in [2.75, 3.05) is 18.2 Å². The Morgan fingerprint density at radius 1 is 1.29 bits per heavy atom. The van der Waals surface area contributed by atoms with E-state index in [2.05, 4.69) is 40.9 Å². The number of anilines is 1.